The SMILES string of the molecule is CCCN1CC2(CCN(C)CC2)C[C@H]1C(=O)NCCc1ccc(OCC)cc1. The Hall–Kier alpha value is -1.59. The van der Waals surface area contributed by atoms with Crippen molar-refractivity contribution in [2.24, 2.45) is 5.41 Å². The average Bonchev–Trinajstić information content (AvgIpc) is 3.05. The van der Waals surface area contributed by atoms with E-state index in [4.69, 9.17) is 4.74 Å². The van der Waals surface area contributed by atoms with Gasteiger partial charge < -0.3 is 15.0 Å². The molecule has 5 heteroatoms. The third kappa shape index (κ3) is 5.26. The molecular formula is C23H37N3O2. The Balaban J connectivity index is 1.51. The van der Waals surface area contributed by atoms with E-state index in [0.717, 1.165) is 51.2 Å². The van der Waals surface area contributed by atoms with E-state index in [1.165, 1.54) is 18.4 Å². The molecule has 0 unspecified atom stereocenters. The maximum Gasteiger partial charge on any atom is 0.237 e. The number of carbonyl (C=O) groups is 1. The van der Waals surface area contributed by atoms with Crippen LogP contribution in [0.5, 0.6) is 5.75 Å². The largest absolute Gasteiger partial charge is 0.494 e. The summed E-state index contributed by atoms with van der Waals surface area (Å²) in [5.74, 6) is 1.12. The summed E-state index contributed by atoms with van der Waals surface area (Å²) in [6.07, 6.45) is 5.43. The summed E-state index contributed by atoms with van der Waals surface area (Å²) in [6, 6.07) is 8.23. The predicted molar refractivity (Wildman–Crippen MR) is 114 cm³/mol. The lowest BCUT2D eigenvalue weighted by Crippen LogP contribution is -2.44. The quantitative estimate of drug-likeness (QED) is 0.745. The van der Waals surface area contributed by atoms with E-state index >= 15 is 0 Å². The van der Waals surface area contributed by atoms with E-state index in [1.807, 2.05) is 19.1 Å². The Kier molecular flexibility index (Phi) is 7.36. The van der Waals surface area contributed by atoms with Crippen molar-refractivity contribution >= 4 is 5.91 Å². The Morgan fingerprint density at radius 2 is 1.93 bits per heavy atom. The first-order valence-corrected chi connectivity index (χ1v) is 11.0. The molecule has 156 valence electrons. The lowest BCUT2D eigenvalue weighted by Gasteiger charge is -2.37. The monoisotopic (exact) mass is 387 g/mol. The highest BCUT2D eigenvalue weighted by molar-refractivity contribution is 5.82. The summed E-state index contributed by atoms with van der Waals surface area (Å²) in [6.45, 7) is 10.0. The van der Waals surface area contributed by atoms with E-state index in [0.29, 0.717) is 18.6 Å². The minimum Gasteiger partial charge on any atom is -0.494 e. The highest BCUT2D eigenvalue weighted by atomic mass is 16.5. The van der Waals surface area contributed by atoms with Gasteiger partial charge in [-0.2, -0.15) is 0 Å². The molecule has 5 nitrogen and oxygen atoms in total. The molecule has 1 N–H and O–H groups in total. The number of nitrogens with one attached hydrogen (secondary N) is 1. The fourth-order valence-corrected chi connectivity index (χ4v) is 4.75. The Labute approximate surface area is 170 Å². The zero-order chi connectivity index (χ0) is 20.0. The van der Waals surface area contributed by atoms with Crippen LogP contribution < -0.4 is 10.1 Å². The van der Waals surface area contributed by atoms with Crippen LogP contribution >= 0.6 is 0 Å². The van der Waals surface area contributed by atoms with Crippen LogP contribution in [0.1, 0.15) is 45.1 Å². The predicted octanol–water partition coefficient (Wildman–Crippen LogP) is 2.94. The van der Waals surface area contributed by atoms with Gasteiger partial charge in [-0.3, -0.25) is 9.69 Å². The van der Waals surface area contributed by atoms with E-state index < -0.39 is 0 Å². The number of carbonyl (C=O) groups excluding carboxylic acids is 1. The van der Waals surface area contributed by atoms with Crippen molar-refractivity contribution in [1.82, 2.24) is 15.1 Å². The van der Waals surface area contributed by atoms with Gasteiger partial charge in [0.05, 0.1) is 12.6 Å². The summed E-state index contributed by atoms with van der Waals surface area (Å²) in [7, 11) is 2.21. The number of piperidine rings is 1. The Bertz CT molecular complexity index is 623. The van der Waals surface area contributed by atoms with Crippen LogP contribution in [-0.2, 0) is 11.2 Å². The second kappa shape index (κ2) is 9.75. The van der Waals surface area contributed by atoms with Crippen molar-refractivity contribution in [1.29, 1.82) is 0 Å². The minimum absolute atomic E-state index is 0.0451. The minimum atomic E-state index is 0.0451. The molecule has 1 atom stereocenters. The summed E-state index contributed by atoms with van der Waals surface area (Å²) in [5, 5.41) is 3.21. The number of nitrogens with zero attached hydrogens (tertiary/aromatic N) is 2. The highest BCUT2D eigenvalue weighted by Gasteiger charge is 2.47. The van der Waals surface area contributed by atoms with Gasteiger partial charge in [0, 0.05) is 13.1 Å². The first-order valence-electron chi connectivity index (χ1n) is 11.0. The smallest absolute Gasteiger partial charge is 0.237 e. The van der Waals surface area contributed by atoms with Crippen molar-refractivity contribution < 1.29 is 9.53 Å². The van der Waals surface area contributed by atoms with Crippen LogP contribution in [0.2, 0.25) is 0 Å². The lowest BCUT2D eigenvalue weighted by molar-refractivity contribution is -0.125. The third-order valence-electron chi connectivity index (χ3n) is 6.41. The molecule has 0 saturated carbocycles. The zero-order valence-corrected chi connectivity index (χ0v) is 17.9. The molecule has 28 heavy (non-hydrogen) atoms. The molecule has 0 aliphatic carbocycles. The fourth-order valence-electron chi connectivity index (χ4n) is 4.75. The number of likely N-dealkylation sites (tertiary alicyclic amines) is 2. The lowest BCUT2D eigenvalue weighted by atomic mass is 9.76. The molecule has 2 aliphatic rings. The van der Waals surface area contributed by atoms with Crippen LogP contribution in [-0.4, -0.2) is 68.1 Å². The van der Waals surface area contributed by atoms with Gasteiger partial charge in [-0.1, -0.05) is 19.1 Å². The molecule has 2 heterocycles. The summed E-state index contributed by atoms with van der Waals surface area (Å²) >= 11 is 0. The number of ether oxygens (including phenoxy) is 1. The number of amides is 1. The molecule has 2 saturated heterocycles. The second-order valence-corrected chi connectivity index (χ2v) is 8.61. The molecule has 2 fully saturated rings. The number of hydrogen-bond donors (Lipinski definition) is 1. The molecule has 1 spiro atoms. The normalized spacial score (nSPS) is 22.5. The van der Waals surface area contributed by atoms with Gasteiger partial charge in [-0.25, -0.2) is 0 Å². The maximum absolute atomic E-state index is 13.0. The van der Waals surface area contributed by atoms with Crippen LogP contribution in [0.3, 0.4) is 0 Å². The van der Waals surface area contributed by atoms with Gasteiger partial charge in [-0.15, -0.1) is 0 Å². The van der Waals surface area contributed by atoms with Gasteiger partial charge in [-0.05, 0) is 88.8 Å². The van der Waals surface area contributed by atoms with Gasteiger partial charge >= 0.3 is 0 Å². The van der Waals surface area contributed by atoms with E-state index in [9.17, 15) is 4.79 Å². The molecule has 0 aromatic heterocycles. The summed E-state index contributed by atoms with van der Waals surface area (Å²) in [4.78, 5) is 17.8. The van der Waals surface area contributed by atoms with Crippen molar-refractivity contribution in [3.8, 4) is 5.75 Å². The van der Waals surface area contributed by atoms with Gasteiger partial charge in [0.25, 0.3) is 0 Å². The summed E-state index contributed by atoms with van der Waals surface area (Å²) in [5.41, 5.74) is 1.58. The maximum atomic E-state index is 13.0. The Morgan fingerprint density at radius 1 is 1.21 bits per heavy atom. The first kappa shape index (κ1) is 21.1. The third-order valence-corrected chi connectivity index (χ3v) is 6.41. The topological polar surface area (TPSA) is 44.8 Å². The highest BCUT2D eigenvalue weighted by Crippen LogP contribution is 2.43. The van der Waals surface area contributed by atoms with Crippen molar-refractivity contribution in [3.05, 3.63) is 29.8 Å². The number of benzene rings is 1. The summed E-state index contributed by atoms with van der Waals surface area (Å²) < 4.78 is 5.49. The van der Waals surface area contributed by atoms with E-state index in [2.05, 4.69) is 41.2 Å². The molecule has 1 aromatic carbocycles. The molecule has 1 aromatic rings. The van der Waals surface area contributed by atoms with Gasteiger partial charge in [0.2, 0.25) is 5.91 Å². The average molecular weight is 388 g/mol. The number of hydrogen-bond acceptors (Lipinski definition) is 4. The Morgan fingerprint density at radius 3 is 2.57 bits per heavy atom. The van der Waals surface area contributed by atoms with Crippen LogP contribution in [0, 0.1) is 5.41 Å². The van der Waals surface area contributed by atoms with Gasteiger partial charge in [0.15, 0.2) is 0 Å². The molecule has 0 bridgehead atoms. The molecule has 2 aliphatic heterocycles. The van der Waals surface area contributed by atoms with Crippen molar-refractivity contribution in [2.75, 3.05) is 46.4 Å². The second-order valence-electron chi connectivity index (χ2n) is 8.61. The van der Waals surface area contributed by atoms with E-state index in [-0.39, 0.29) is 11.9 Å². The standard InChI is InChI=1S/C23H37N3O2/c1-4-14-26-18-23(11-15-25(3)16-12-23)17-21(26)22(27)24-13-10-19-6-8-20(9-7-19)28-5-2/h6-9,21H,4-5,10-18H2,1-3H3,(H,24,27)/t21-/m0/s1. The van der Waals surface area contributed by atoms with E-state index in [1.54, 1.807) is 0 Å². The van der Waals surface area contributed by atoms with Gasteiger partial charge in [0.1, 0.15) is 5.75 Å². The molecule has 3 rings (SSSR count). The van der Waals surface area contributed by atoms with Crippen LogP contribution in [0.4, 0.5) is 0 Å². The molecule has 0 radical (unpaired) electrons. The van der Waals surface area contributed by atoms with Crippen molar-refractivity contribution in [2.45, 2.75) is 52.0 Å². The molecular weight excluding hydrogens is 350 g/mol. The van der Waals surface area contributed by atoms with Crippen molar-refractivity contribution in [3.63, 3.8) is 0 Å². The number of rotatable bonds is 8. The van der Waals surface area contributed by atoms with Crippen LogP contribution in [0.25, 0.3) is 0 Å². The molecule has 1 amide bonds. The fraction of sp³-hybridized carbons (Fsp3) is 0.696. The zero-order valence-electron chi connectivity index (χ0n) is 17.9. The first-order chi connectivity index (χ1) is 13.5. The van der Waals surface area contributed by atoms with Crippen LogP contribution in [0.15, 0.2) is 24.3 Å².